The van der Waals surface area contributed by atoms with E-state index in [1.807, 2.05) is 13.8 Å². The topological polar surface area (TPSA) is 3.24 Å². The van der Waals surface area contributed by atoms with Crippen LogP contribution in [0.25, 0.3) is 0 Å². The van der Waals surface area contributed by atoms with Crippen LogP contribution in [0.15, 0.2) is 23.3 Å². The number of hydrogen-bond donors (Lipinski definition) is 0. The van der Waals surface area contributed by atoms with Gasteiger partial charge in [0.25, 0.3) is 0 Å². The van der Waals surface area contributed by atoms with E-state index in [0.717, 1.165) is 13.1 Å². The molecule has 1 heteroatoms. The summed E-state index contributed by atoms with van der Waals surface area (Å²) >= 11 is 0. The maximum absolute atomic E-state index is 2.49. The SMILES string of the molecule is C/C=C1/CN(C(C)C)C/C1=C/C.CC. The molecule has 0 atom stereocenters. The Hall–Kier alpha value is -0.560. The lowest BCUT2D eigenvalue weighted by molar-refractivity contribution is 0.289. The van der Waals surface area contributed by atoms with Crippen molar-refractivity contribution in [3.8, 4) is 0 Å². The molecule has 1 aliphatic heterocycles. The molecular formula is C13H25N. The first-order chi connectivity index (χ1) is 6.69. The van der Waals surface area contributed by atoms with E-state index in [1.165, 1.54) is 11.1 Å². The lowest BCUT2D eigenvalue weighted by Gasteiger charge is -2.18. The summed E-state index contributed by atoms with van der Waals surface area (Å²) in [4.78, 5) is 2.49. The van der Waals surface area contributed by atoms with E-state index >= 15 is 0 Å². The predicted molar refractivity (Wildman–Crippen MR) is 65.6 cm³/mol. The summed E-state index contributed by atoms with van der Waals surface area (Å²) in [6.45, 7) is 15.0. The third-order valence-corrected chi connectivity index (χ3v) is 2.59. The predicted octanol–water partition coefficient (Wildman–Crippen LogP) is 3.63. The van der Waals surface area contributed by atoms with Gasteiger partial charge < -0.3 is 0 Å². The fraction of sp³-hybridized carbons (Fsp3) is 0.692. The molecule has 1 fully saturated rings. The first-order valence-electron chi connectivity index (χ1n) is 5.73. The smallest absolute Gasteiger partial charge is 0.0239 e. The Balaban J connectivity index is 0.000000791. The van der Waals surface area contributed by atoms with Crippen molar-refractivity contribution in [3.63, 3.8) is 0 Å². The summed E-state index contributed by atoms with van der Waals surface area (Å²) < 4.78 is 0. The van der Waals surface area contributed by atoms with Crippen molar-refractivity contribution in [1.29, 1.82) is 0 Å². The monoisotopic (exact) mass is 195 g/mol. The molecule has 0 aromatic carbocycles. The molecule has 1 aliphatic rings. The Morgan fingerprint density at radius 2 is 1.36 bits per heavy atom. The van der Waals surface area contributed by atoms with E-state index in [0.29, 0.717) is 6.04 Å². The van der Waals surface area contributed by atoms with Crippen LogP contribution < -0.4 is 0 Å². The highest BCUT2D eigenvalue weighted by Gasteiger charge is 2.21. The number of nitrogens with zero attached hydrogens (tertiary/aromatic N) is 1. The molecule has 0 spiro atoms. The van der Waals surface area contributed by atoms with Crippen molar-refractivity contribution in [2.45, 2.75) is 47.6 Å². The van der Waals surface area contributed by atoms with E-state index in [-0.39, 0.29) is 0 Å². The van der Waals surface area contributed by atoms with Gasteiger partial charge in [0.2, 0.25) is 0 Å². The number of allylic oxidation sites excluding steroid dienone is 2. The van der Waals surface area contributed by atoms with Gasteiger partial charge in [-0.15, -0.1) is 0 Å². The molecular weight excluding hydrogens is 170 g/mol. The Morgan fingerprint density at radius 1 is 1.00 bits per heavy atom. The molecule has 0 saturated carbocycles. The van der Waals surface area contributed by atoms with Crippen LogP contribution in [0, 0.1) is 0 Å². The first-order valence-corrected chi connectivity index (χ1v) is 5.73. The molecule has 0 unspecified atom stereocenters. The largest absolute Gasteiger partial charge is 0.292 e. The molecule has 82 valence electrons. The zero-order chi connectivity index (χ0) is 11.1. The van der Waals surface area contributed by atoms with Gasteiger partial charge in [-0.25, -0.2) is 0 Å². The van der Waals surface area contributed by atoms with Crippen LogP contribution in [-0.4, -0.2) is 24.0 Å². The molecule has 0 N–H and O–H groups in total. The van der Waals surface area contributed by atoms with E-state index in [1.54, 1.807) is 0 Å². The van der Waals surface area contributed by atoms with Gasteiger partial charge in [0.1, 0.15) is 0 Å². The van der Waals surface area contributed by atoms with E-state index in [2.05, 4.69) is 44.7 Å². The number of likely N-dealkylation sites (tertiary alicyclic amines) is 1. The molecule has 1 saturated heterocycles. The standard InChI is InChI=1S/C11H19N.C2H6/c1-5-10-7-12(9(3)4)8-11(10)6-2;1-2/h5-6,9H,7-8H2,1-4H3;1-2H3/b10-5-,11-6-;. The third kappa shape index (κ3) is 3.30. The second kappa shape index (κ2) is 6.83. The van der Waals surface area contributed by atoms with Gasteiger partial charge in [-0.2, -0.15) is 0 Å². The van der Waals surface area contributed by atoms with Gasteiger partial charge in [0, 0.05) is 19.1 Å². The normalized spacial score (nSPS) is 23.1. The molecule has 0 aliphatic carbocycles. The maximum Gasteiger partial charge on any atom is 0.0239 e. The summed E-state index contributed by atoms with van der Waals surface area (Å²) in [5.74, 6) is 0. The van der Waals surface area contributed by atoms with E-state index < -0.39 is 0 Å². The molecule has 0 amide bonds. The summed E-state index contributed by atoms with van der Waals surface area (Å²) in [7, 11) is 0. The highest BCUT2D eigenvalue weighted by atomic mass is 15.2. The fourth-order valence-electron chi connectivity index (χ4n) is 1.62. The van der Waals surface area contributed by atoms with E-state index in [4.69, 9.17) is 0 Å². The second-order valence-corrected chi connectivity index (χ2v) is 3.63. The molecule has 0 aromatic heterocycles. The lowest BCUT2D eigenvalue weighted by atomic mass is 10.1. The Kier molecular flexibility index (Phi) is 6.56. The molecule has 0 bridgehead atoms. The first kappa shape index (κ1) is 13.4. The quantitative estimate of drug-likeness (QED) is 0.617. The molecule has 0 radical (unpaired) electrons. The van der Waals surface area contributed by atoms with Crippen molar-refractivity contribution < 1.29 is 0 Å². The lowest BCUT2D eigenvalue weighted by Crippen LogP contribution is -2.27. The summed E-state index contributed by atoms with van der Waals surface area (Å²) in [5.41, 5.74) is 3.01. The van der Waals surface area contributed by atoms with E-state index in [9.17, 15) is 0 Å². The Bertz CT molecular complexity index is 191. The van der Waals surface area contributed by atoms with Crippen molar-refractivity contribution in [2.75, 3.05) is 13.1 Å². The second-order valence-electron chi connectivity index (χ2n) is 3.63. The fourth-order valence-corrected chi connectivity index (χ4v) is 1.62. The van der Waals surface area contributed by atoms with Crippen LogP contribution >= 0.6 is 0 Å². The summed E-state index contributed by atoms with van der Waals surface area (Å²) in [5, 5.41) is 0. The van der Waals surface area contributed by atoms with Gasteiger partial charge in [-0.05, 0) is 38.8 Å². The van der Waals surface area contributed by atoms with Crippen LogP contribution in [0.2, 0.25) is 0 Å². The van der Waals surface area contributed by atoms with Crippen LogP contribution in [-0.2, 0) is 0 Å². The third-order valence-electron chi connectivity index (χ3n) is 2.59. The molecule has 1 rings (SSSR count). The molecule has 1 nitrogen and oxygen atoms in total. The van der Waals surface area contributed by atoms with Crippen molar-refractivity contribution in [3.05, 3.63) is 23.3 Å². The number of rotatable bonds is 1. The van der Waals surface area contributed by atoms with Crippen molar-refractivity contribution in [2.24, 2.45) is 0 Å². The highest BCUT2D eigenvalue weighted by Crippen LogP contribution is 2.22. The van der Waals surface area contributed by atoms with Crippen LogP contribution in [0.5, 0.6) is 0 Å². The van der Waals surface area contributed by atoms with Gasteiger partial charge in [0.05, 0.1) is 0 Å². The zero-order valence-corrected chi connectivity index (χ0v) is 10.6. The molecule has 0 aromatic rings. The average molecular weight is 195 g/mol. The minimum absolute atomic E-state index is 0.664. The van der Waals surface area contributed by atoms with Gasteiger partial charge in [-0.1, -0.05) is 26.0 Å². The highest BCUT2D eigenvalue weighted by molar-refractivity contribution is 5.37. The van der Waals surface area contributed by atoms with Gasteiger partial charge >= 0.3 is 0 Å². The minimum Gasteiger partial charge on any atom is -0.292 e. The Morgan fingerprint density at radius 3 is 1.57 bits per heavy atom. The average Bonchev–Trinajstić information content (AvgIpc) is 2.63. The van der Waals surface area contributed by atoms with Crippen LogP contribution in [0.1, 0.15) is 41.5 Å². The van der Waals surface area contributed by atoms with Crippen molar-refractivity contribution in [1.82, 2.24) is 4.90 Å². The van der Waals surface area contributed by atoms with Crippen LogP contribution in [0.4, 0.5) is 0 Å². The van der Waals surface area contributed by atoms with Crippen molar-refractivity contribution >= 4 is 0 Å². The summed E-state index contributed by atoms with van der Waals surface area (Å²) in [6.07, 6.45) is 4.47. The van der Waals surface area contributed by atoms with Crippen LogP contribution in [0.3, 0.4) is 0 Å². The van der Waals surface area contributed by atoms with Gasteiger partial charge in [-0.3, -0.25) is 4.90 Å². The molecule has 14 heavy (non-hydrogen) atoms. The summed E-state index contributed by atoms with van der Waals surface area (Å²) in [6, 6.07) is 0.664. The minimum atomic E-state index is 0.664. The van der Waals surface area contributed by atoms with Gasteiger partial charge in [0.15, 0.2) is 0 Å². The molecule has 1 heterocycles. The number of hydrogen-bond acceptors (Lipinski definition) is 1. The Labute approximate surface area is 89.5 Å². The maximum atomic E-state index is 2.49. The zero-order valence-electron chi connectivity index (χ0n) is 10.6.